The topological polar surface area (TPSA) is 17.1 Å². The van der Waals surface area contributed by atoms with E-state index in [9.17, 15) is 4.79 Å². The van der Waals surface area contributed by atoms with Gasteiger partial charge in [-0.15, -0.1) is 0 Å². The van der Waals surface area contributed by atoms with E-state index < -0.39 is 0 Å². The highest BCUT2D eigenvalue weighted by Crippen LogP contribution is 2.07. The molecule has 1 nitrogen and oxygen atoms in total. The van der Waals surface area contributed by atoms with Crippen molar-refractivity contribution in [1.29, 1.82) is 0 Å². The third-order valence-corrected chi connectivity index (χ3v) is 1.66. The maximum atomic E-state index is 10.7. The number of Topliss-reactive ketones (excluding diaryl/α,β-unsaturated/α-hetero) is 1. The second-order valence-corrected chi connectivity index (χ2v) is 2.40. The molecule has 0 spiro atoms. The van der Waals surface area contributed by atoms with E-state index in [1.165, 1.54) is 0 Å². The van der Waals surface area contributed by atoms with Gasteiger partial charge in [0.15, 0.2) is 5.78 Å². The smallest absolute Gasteiger partial charge is 0.156 e. The largest absolute Gasteiger partial charge is 0.295 e. The van der Waals surface area contributed by atoms with Crippen LogP contribution in [0, 0.1) is 0 Å². The van der Waals surface area contributed by atoms with Crippen LogP contribution in [0.5, 0.6) is 0 Å². The first-order valence-electron chi connectivity index (χ1n) is 3.02. The second-order valence-electron chi connectivity index (χ2n) is 1.94. The minimum Gasteiger partial charge on any atom is -0.295 e. The molecule has 0 heterocycles. The van der Waals surface area contributed by atoms with E-state index in [2.05, 4.69) is 22.9 Å². The summed E-state index contributed by atoms with van der Waals surface area (Å²) in [5.74, 6) is 0.161. The molecule has 0 atom stereocenters. The minimum absolute atomic E-state index is 0.161. The maximum absolute atomic E-state index is 10.7. The molecule has 0 bridgehead atoms. The Labute approximate surface area is 64.3 Å². The van der Waals surface area contributed by atoms with E-state index in [-0.39, 0.29) is 5.78 Å². The van der Waals surface area contributed by atoms with Gasteiger partial charge >= 0.3 is 0 Å². The molecular formula is C7H11BrO. The molecule has 0 aliphatic heterocycles. The predicted octanol–water partition coefficient (Wildman–Crippen LogP) is 2.65. The van der Waals surface area contributed by atoms with Gasteiger partial charge in [-0.1, -0.05) is 29.3 Å². The molecule has 52 valence electrons. The number of ketones is 1. The average Bonchev–Trinajstić information content (AvgIpc) is 1.82. The molecule has 0 aromatic rings. The molecule has 0 amide bonds. The number of rotatable bonds is 3. The van der Waals surface area contributed by atoms with Gasteiger partial charge in [-0.2, -0.15) is 0 Å². The summed E-state index contributed by atoms with van der Waals surface area (Å²) in [7, 11) is 0. The monoisotopic (exact) mass is 190 g/mol. The number of carbonyl (C=O) groups excluding carboxylic acids is 1. The van der Waals surface area contributed by atoms with Gasteiger partial charge in [0.2, 0.25) is 0 Å². The summed E-state index contributed by atoms with van der Waals surface area (Å²) >= 11 is 3.13. The summed E-state index contributed by atoms with van der Waals surface area (Å²) in [5, 5.41) is 0. The van der Waals surface area contributed by atoms with E-state index in [1.807, 2.05) is 0 Å². The van der Waals surface area contributed by atoms with E-state index in [1.54, 1.807) is 11.9 Å². The molecule has 0 unspecified atom stereocenters. The van der Waals surface area contributed by atoms with Crippen molar-refractivity contribution < 1.29 is 4.79 Å². The highest BCUT2D eigenvalue weighted by molar-refractivity contribution is 9.11. The summed E-state index contributed by atoms with van der Waals surface area (Å²) in [6.45, 7) is 3.64. The van der Waals surface area contributed by atoms with Crippen molar-refractivity contribution in [1.82, 2.24) is 0 Å². The Bertz CT molecular complexity index is 127. The number of hydrogen-bond donors (Lipinski definition) is 0. The Hall–Kier alpha value is -0.110. The van der Waals surface area contributed by atoms with Gasteiger partial charge in [-0.3, -0.25) is 4.79 Å². The van der Waals surface area contributed by atoms with Crippen LogP contribution in [0.1, 0.15) is 26.7 Å². The van der Waals surface area contributed by atoms with Gasteiger partial charge < -0.3 is 0 Å². The van der Waals surface area contributed by atoms with E-state index in [0.29, 0.717) is 0 Å². The first kappa shape index (κ1) is 8.89. The van der Waals surface area contributed by atoms with Gasteiger partial charge in [-0.05, 0) is 18.3 Å². The van der Waals surface area contributed by atoms with Gasteiger partial charge in [-0.25, -0.2) is 0 Å². The zero-order valence-electron chi connectivity index (χ0n) is 5.78. The Morgan fingerprint density at radius 1 is 1.67 bits per heavy atom. The van der Waals surface area contributed by atoms with Crippen LogP contribution in [-0.4, -0.2) is 5.78 Å². The number of hydrogen-bond acceptors (Lipinski definition) is 1. The molecule has 0 rings (SSSR count). The van der Waals surface area contributed by atoms with Crippen molar-refractivity contribution in [3.05, 3.63) is 10.6 Å². The SMILES string of the molecule is CCC/C(=C/Br)C(C)=O. The van der Waals surface area contributed by atoms with Crippen molar-refractivity contribution in [3.8, 4) is 0 Å². The van der Waals surface area contributed by atoms with Crippen molar-refractivity contribution >= 4 is 21.7 Å². The fraction of sp³-hybridized carbons (Fsp3) is 0.571. The van der Waals surface area contributed by atoms with Crippen LogP contribution >= 0.6 is 15.9 Å². The summed E-state index contributed by atoms with van der Waals surface area (Å²) in [5.41, 5.74) is 0.873. The van der Waals surface area contributed by atoms with Crippen molar-refractivity contribution in [2.75, 3.05) is 0 Å². The lowest BCUT2D eigenvalue weighted by Gasteiger charge is -1.95. The number of halogens is 1. The van der Waals surface area contributed by atoms with Gasteiger partial charge in [0.1, 0.15) is 0 Å². The first-order chi connectivity index (χ1) is 4.22. The molecule has 2 heteroatoms. The zero-order valence-corrected chi connectivity index (χ0v) is 7.36. The Balaban J connectivity index is 3.85. The van der Waals surface area contributed by atoms with Crippen LogP contribution in [-0.2, 0) is 4.79 Å². The molecule has 0 saturated heterocycles. The normalized spacial score (nSPS) is 11.7. The standard InChI is InChI=1S/C7H11BrO/c1-3-4-7(5-8)6(2)9/h5H,3-4H2,1-2H3/b7-5-. The highest BCUT2D eigenvalue weighted by Gasteiger charge is 1.98. The fourth-order valence-electron chi connectivity index (χ4n) is 0.577. The van der Waals surface area contributed by atoms with E-state index in [4.69, 9.17) is 0 Å². The van der Waals surface area contributed by atoms with Crippen molar-refractivity contribution in [2.45, 2.75) is 26.7 Å². The first-order valence-corrected chi connectivity index (χ1v) is 3.94. The van der Waals surface area contributed by atoms with Crippen LogP contribution in [0.2, 0.25) is 0 Å². The molecule has 0 aliphatic rings. The Morgan fingerprint density at radius 2 is 2.22 bits per heavy atom. The van der Waals surface area contributed by atoms with Gasteiger partial charge in [0, 0.05) is 5.57 Å². The van der Waals surface area contributed by atoms with Crippen LogP contribution in [0.3, 0.4) is 0 Å². The van der Waals surface area contributed by atoms with Crippen molar-refractivity contribution in [3.63, 3.8) is 0 Å². The summed E-state index contributed by atoms with van der Waals surface area (Å²) in [6.07, 6.45) is 1.90. The quantitative estimate of drug-likeness (QED) is 0.626. The molecule has 9 heavy (non-hydrogen) atoms. The predicted molar refractivity (Wildman–Crippen MR) is 42.6 cm³/mol. The van der Waals surface area contributed by atoms with Gasteiger partial charge in [0.25, 0.3) is 0 Å². The van der Waals surface area contributed by atoms with Crippen LogP contribution < -0.4 is 0 Å². The Morgan fingerprint density at radius 3 is 2.33 bits per heavy atom. The molecule has 0 aliphatic carbocycles. The lowest BCUT2D eigenvalue weighted by atomic mass is 10.1. The average molecular weight is 191 g/mol. The zero-order chi connectivity index (χ0) is 7.28. The second kappa shape index (κ2) is 4.74. The summed E-state index contributed by atoms with van der Waals surface area (Å²) < 4.78 is 0. The third-order valence-electron chi connectivity index (χ3n) is 1.10. The molecule has 0 saturated carbocycles. The van der Waals surface area contributed by atoms with E-state index in [0.717, 1.165) is 18.4 Å². The maximum Gasteiger partial charge on any atom is 0.156 e. The highest BCUT2D eigenvalue weighted by atomic mass is 79.9. The molecule has 0 fully saturated rings. The lowest BCUT2D eigenvalue weighted by Crippen LogP contribution is -1.94. The van der Waals surface area contributed by atoms with Crippen LogP contribution in [0.4, 0.5) is 0 Å². The molecule has 0 aromatic carbocycles. The van der Waals surface area contributed by atoms with Crippen molar-refractivity contribution in [2.24, 2.45) is 0 Å². The molecule has 0 N–H and O–H groups in total. The lowest BCUT2D eigenvalue weighted by molar-refractivity contribution is -0.113. The molecule has 0 aromatic heterocycles. The van der Waals surface area contributed by atoms with Crippen LogP contribution in [0.25, 0.3) is 0 Å². The molecule has 0 radical (unpaired) electrons. The van der Waals surface area contributed by atoms with Gasteiger partial charge in [0.05, 0.1) is 0 Å². The number of allylic oxidation sites excluding steroid dienone is 1. The minimum atomic E-state index is 0.161. The summed E-state index contributed by atoms with van der Waals surface area (Å²) in [4.78, 5) is 12.4. The fourth-order valence-corrected chi connectivity index (χ4v) is 1.13. The van der Waals surface area contributed by atoms with Crippen LogP contribution in [0.15, 0.2) is 10.6 Å². The van der Waals surface area contributed by atoms with E-state index >= 15 is 0 Å². The molecular weight excluding hydrogens is 180 g/mol. The summed E-state index contributed by atoms with van der Waals surface area (Å²) in [6, 6.07) is 0. The number of carbonyl (C=O) groups is 1. The third kappa shape index (κ3) is 3.46. The Kier molecular flexibility index (Phi) is 4.68.